The van der Waals surface area contributed by atoms with E-state index in [1.54, 1.807) is 19.9 Å². The van der Waals surface area contributed by atoms with Crippen molar-refractivity contribution in [3.05, 3.63) is 47.4 Å². The van der Waals surface area contributed by atoms with Gasteiger partial charge in [-0.1, -0.05) is 6.07 Å². The predicted octanol–water partition coefficient (Wildman–Crippen LogP) is 2.34. The zero-order valence-corrected chi connectivity index (χ0v) is 11.7. The van der Waals surface area contributed by atoms with Crippen molar-refractivity contribution in [2.24, 2.45) is 0 Å². The van der Waals surface area contributed by atoms with Crippen LogP contribution >= 0.6 is 0 Å². The Labute approximate surface area is 116 Å². The molecule has 2 rings (SSSR count). The molecule has 0 aliphatic heterocycles. The Balaban J connectivity index is 2.45. The third kappa shape index (κ3) is 2.57. The number of aromatic hydroxyl groups is 1. The highest BCUT2D eigenvalue weighted by molar-refractivity contribution is 7.92. The average molecular weight is 296 g/mol. The van der Waals surface area contributed by atoms with Crippen molar-refractivity contribution in [3.63, 3.8) is 0 Å². The second kappa shape index (κ2) is 5.09. The Hall–Kier alpha value is -2.15. The van der Waals surface area contributed by atoms with Gasteiger partial charge in [0.15, 0.2) is 5.82 Å². The van der Waals surface area contributed by atoms with E-state index in [4.69, 9.17) is 0 Å². The van der Waals surface area contributed by atoms with Crippen LogP contribution in [0, 0.1) is 19.7 Å². The second-order valence-electron chi connectivity index (χ2n) is 4.30. The van der Waals surface area contributed by atoms with Gasteiger partial charge in [0.1, 0.15) is 5.75 Å². The lowest BCUT2D eigenvalue weighted by molar-refractivity contribution is 0.467. The summed E-state index contributed by atoms with van der Waals surface area (Å²) in [7, 11) is -4.14. The van der Waals surface area contributed by atoms with Crippen LogP contribution in [0.1, 0.15) is 11.1 Å². The molecule has 20 heavy (non-hydrogen) atoms. The summed E-state index contributed by atoms with van der Waals surface area (Å²) in [6.45, 7) is 3.26. The largest absolute Gasteiger partial charge is 0.507 e. The molecular formula is C13H13FN2O3S. The highest BCUT2D eigenvalue weighted by Crippen LogP contribution is 2.29. The van der Waals surface area contributed by atoms with Crippen LogP contribution in [0.4, 0.5) is 10.1 Å². The molecule has 0 atom stereocenters. The van der Waals surface area contributed by atoms with E-state index in [0.29, 0.717) is 11.1 Å². The molecule has 0 amide bonds. The normalized spacial score (nSPS) is 11.3. The van der Waals surface area contributed by atoms with Gasteiger partial charge in [-0.3, -0.25) is 4.72 Å². The molecule has 7 heteroatoms. The molecule has 0 bridgehead atoms. The number of hydrogen-bond donors (Lipinski definition) is 2. The predicted molar refractivity (Wildman–Crippen MR) is 72.6 cm³/mol. The number of nitrogens with zero attached hydrogens (tertiary/aromatic N) is 1. The van der Waals surface area contributed by atoms with E-state index in [9.17, 15) is 17.9 Å². The average Bonchev–Trinajstić information content (AvgIpc) is 2.40. The molecule has 1 heterocycles. The van der Waals surface area contributed by atoms with Crippen LogP contribution in [0.3, 0.4) is 0 Å². The number of rotatable bonds is 3. The Bertz CT molecular complexity index is 760. The van der Waals surface area contributed by atoms with Crippen molar-refractivity contribution >= 4 is 15.7 Å². The standard InChI is InChI=1S/C13H13FN2O3S/c1-8-5-6-11(9(2)12(8)17)16-20(18,19)13-10(14)4-3-7-15-13/h3-7,16-17H,1-2H3. The maximum atomic E-state index is 13.5. The van der Waals surface area contributed by atoms with Crippen LogP contribution in [-0.2, 0) is 10.0 Å². The summed E-state index contributed by atoms with van der Waals surface area (Å²) in [4.78, 5) is 3.53. The van der Waals surface area contributed by atoms with Crippen LogP contribution in [0.2, 0.25) is 0 Å². The van der Waals surface area contributed by atoms with Crippen molar-refractivity contribution < 1.29 is 17.9 Å². The maximum Gasteiger partial charge on any atom is 0.282 e. The number of phenols is 1. The van der Waals surface area contributed by atoms with Gasteiger partial charge < -0.3 is 5.11 Å². The van der Waals surface area contributed by atoms with Gasteiger partial charge in [-0.15, -0.1) is 0 Å². The molecule has 0 fully saturated rings. The second-order valence-corrected chi connectivity index (χ2v) is 5.90. The van der Waals surface area contributed by atoms with Gasteiger partial charge in [-0.2, -0.15) is 8.42 Å². The minimum Gasteiger partial charge on any atom is -0.507 e. The van der Waals surface area contributed by atoms with E-state index in [0.717, 1.165) is 6.07 Å². The first-order valence-electron chi connectivity index (χ1n) is 5.75. The molecule has 1 aromatic heterocycles. The van der Waals surface area contributed by atoms with Gasteiger partial charge in [0, 0.05) is 11.8 Å². The van der Waals surface area contributed by atoms with Crippen molar-refractivity contribution in [1.29, 1.82) is 0 Å². The third-order valence-electron chi connectivity index (χ3n) is 2.86. The minimum atomic E-state index is -4.14. The Morgan fingerprint density at radius 3 is 2.60 bits per heavy atom. The van der Waals surface area contributed by atoms with Crippen molar-refractivity contribution in [2.45, 2.75) is 18.9 Å². The number of aryl methyl sites for hydroxylation is 1. The zero-order valence-electron chi connectivity index (χ0n) is 10.9. The van der Waals surface area contributed by atoms with Gasteiger partial charge in [0.05, 0.1) is 5.69 Å². The van der Waals surface area contributed by atoms with Crippen molar-refractivity contribution in [2.75, 3.05) is 4.72 Å². The summed E-state index contributed by atoms with van der Waals surface area (Å²) in [5, 5.41) is 9.10. The lowest BCUT2D eigenvalue weighted by atomic mass is 10.1. The fourth-order valence-electron chi connectivity index (χ4n) is 1.71. The van der Waals surface area contributed by atoms with E-state index in [2.05, 4.69) is 9.71 Å². The van der Waals surface area contributed by atoms with E-state index in [-0.39, 0.29) is 11.4 Å². The molecule has 0 aliphatic rings. The maximum absolute atomic E-state index is 13.5. The highest BCUT2D eigenvalue weighted by atomic mass is 32.2. The first-order chi connectivity index (χ1) is 9.33. The third-order valence-corrected chi connectivity index (χ3v) is 4.15. The fourth-order valence-corrected chi connectivity index (χ4v) is 2.84. The molecule has 5 nitrogen and oxygen atoms in total. The number of anilines is 1. The van der Waals surface area contributed by atoms with Crippen LogP contribution in [0.5, 0.6) is 5.75 Å². The van der Waals surface area contributed by atoms with Gasteiger partial charge in [0.25, 0.3) is 10.0 Å². The Morgan fingerprint density at radius 2 is 1.95 bits per heavy atom. The molecule has 0 saturated carbocycles. The molecule has 0 aliphatic carbocycles. The van der Waals surface area contributed by atoms with E-state index < -0.39 is 20.9 Å². The minimum absolute atomic E-state index is 0.00769. The topological polar surface area (TPSA) is 79.3 Å². The summed E-state index contributed by atoms with van der Waals surface area (Å²) in [6.07, 6.45) is 1.19. The molecule has 2 aromatic rings. The molecule has 106 valence electrons. The van der Waals surface area contributed by atoms with Gasteiger partial charge >= 0.3 is 0 Å². The van der Waals surface area contributed by atoms with Crippen molar-refractivity contribution in [1.82, 2.24) is 4.98 Å². The monoisotopic (exact) mass is 296 g/mol. The molecule has 0 radical (unpaired) electrons. The first-order valence-corrected chi connectivity index (χ1v) is 7.24. The quantitative estimate of drug-likeness (QED) is 0.911. The fraction of sp³-hybridized carbons (Fsp3) is 0.154. The first kappa shape index (κ1) is 14.3. The number of halogens is 1. The number of phenolic OH excluding ortho intramolecular Hbond substituents is 1. The van der Waals surface area contributed by atoms with Crippen LogP contribution in [0.15, 0.2) is 35.5 Å². The summed E-state index contributed by atoms with van der Waals surface area (Å²) in [6, 6.07) is 5.39. The number of sulfonamides is 1. The molecule has 0 saturated heterocycles. The molecule has 0 unspecified atom stereocenters. The molecule has 2 N–H and O–H groups in total. The SMILES string of the molecule is Cc1ccc(NS(=O)(=O)c2ncccc2F)c(C)c1O. The molecular weight excluding hydrogens is 283 g/mol. The summed E-state index contributed by atoms with van der Waals surface area (Å²) in [5.74, 6) is -0.944. The zero-order chi connectivity index (χ0) is 14.9. The van der Waals surface area contributed by atoms with E-state index in [1.165, 1.54) is 18.3 Å². The van der Waals surface area contributed by atoms with Gasteiger partial charge in [-0.25, -0.2) is 9.37 Å². The van der Waals surface area contributed by atoms with Crippen LogP contribution in [-0.4, -0.2) is 18.5 Å². The van der Waals surface area contributed by atoms with Crippen LogP contribution < -0.4 is 4.72 Å². The van der Waals surface area contributed by atoms with Gasteiger partial charge in [-0.05, 0) is 37.6 Å². The summed E-state index contributed by atoms with van der Waals surface area (Å²) >= 11 is 0. The Morgan fingerprint density at radius 1 is 1.25 bits per heavy atom. The number of pyridine rings is 1. The molecule has 1 aromatic carbocycles. The summed E-state index contributed by atoms with van der Waals surface area (Å²) in [5.41, 5.74) is 1.16. The lowest BCUT2D eigenvalue weighted by Crippen LogP contribution is -2.16. The smallest absolute Gasteiger partial charge is 0.282 e. The number of nitrogens with one attached hydrogen (secondary N) is 1. The lowest BCUT2D eigenvalue weighted by Gasteiger charge is -2.12. The molecule has 0 spiro atoms. The summed E-state index contributed by atoms with van der Waals surface area (Å²) < 4.78 is 39.9. The van der Waals surface area contributed by atoms with Crippen LogP contribution in [0.25, 0.3) is 0 Å². The number of aromatic nitrogens is 1. The number of hydrogen-bond acceptors (Lipinski definition) is 4. The Kier molecular flexibility index (Phi) is 3.63. The highest BCUT2D eigenvalue weighted by Gasteiger charge is 2.21. The van der Waals surface area contributed by atoms with E-state index >= 15 is 0 Å². The van der Waals surface area contributed by atoms with E-state index in [1.807, 2.05) is 0 Å². The van der Waals surface area contributed by atoms with Gasteiger partial charge in [0.2, 0.25) is 5.03 Å². The number of benzene rings is 1. The van der Waals surface area contributed by atoms with Crippen molar-refractivity contribution in [3.8, 4) is 5.75 Å².